The maximum atomic E-state index is 8.52. The largest absolute Gasteiger partial charge is 0.411 e. The highest BCUT2D eigenvalue weighted by Gasteiger charge is 2.02. The molecule has 1 aromatic carbocycles. The van der Waals surface area contributed by atoms with Crippen LogP contribution in [-0.2, 0) is 0 Å². The van der Waals surface area contributed by atoms with Crippen LogP contribution in [0.1, 0.15) is 5.69 Å². The topological polar surface area (TPSA) is 45.5 Å². The molecule has 0 spiro atoms. The van der Waals surface area contributed by atoms with Gasteiger partial charge in [0.05, 0.1) is 11.9 Å². The molecule has 0 aliphatic rings. The van der Waals surface area contributed by atoms with Gasteiger partial charge in [0.1, 0.15) is 0 Å². The highest BCUT2D eigenvalue weighted by Crippen LogP contribution is 2.20. The van der Waals surface area contributed by atoms with Crippen molar-refractivity contribution in [2.45, 2.75) is 0 Å². The van der Waals surface area contributed by atoms with Crippen LogP contribution in [0.2, 0.25) is 0 Å². The monoisotopic (exact) mass is 198 g/mol. The summed E-state index contributed by atoms with van der Waals surface area (Å²) in [7, 11) is 0. The number of nitrogens with zero attached hydrogens (tertiary/aromatic N) is 2. The zero-order valence-corrected chi connectivity index (χ0v) is 8.04. The predicted molar refractivity (Wildman–Crippen MR) is 59.1 cm³/mol. The van der Waals surface area contributed by atoms with Gasteiger partial charge in [0.15, 0.2) is 0 Å². The molecule has 15 heavy (non-hydrogen) atoms. The van der Waals surface area contributed by atoms with Crippen molar-refractivity contribution in [3.05, 3.63) is 54.4 Å². The average molecular weight is 198 g/mol. The highest BCUT2D eigenvalue weighted by molar-refractivity contribution is 5.87. The van der Waals surface area contributed by atoms with Crippen LogP contribution < -0.4 is 0 Å². The van der Waals surface area contributed by atoms with E-state index >= 15 is 0 Å². The molecule has 0 aliphatic carbocycles. The highest BCUT2D eigenvalue weighted by atomic mass is 16.4. The molecule has 1 heterocycles. The lowest BCUT2D eigenvalue weighted by Gasteiger charge is -2.03. The SMILES string of the molecule is O/N=C\c1ncccc1-c1ccccc1. The second-order valence-electron chi connectivity index (χ2n) is 3.05. The number of hydrogen-bond acceptors (Lipinski definition) is 3. The zero-order valence-electron chi connectivity index (χ0n) is 8.04. The molecule has 3 heteroatoms. The van der Waals surface area contributed by atoms with E-state index in [-0.39, 0.29) is 0 Å². The third-order valence-corrected chi connectivity index (χ3v) is 2.10. The Kier molecular flexibility index (Phi) is 2.74. The number of benzene rings is 1. The van der Waals surface area contributed by atoms with Gasteiger partial charge in [-0.25, -0.2) is 0 Å². The molecule has 0 aliphatic heterocycles. The van der Waals surface area contributed by atoms with E-state index in [1.54, 1.807) is 6.20 Å². The van der Waals surface area contributed by atoms with E-state index in [4.69, 9.17) is 5.21 Å². The van der Waals surface area contributed by atoms with Gasteiger partial charge in [0.25, 0.3) is 0 Å². The lowest BCUT2D eigenvalue weighted by atomic mass is 10.0. The quantitative estimate of drug-likeness (QED) is 0.458. The normalized spacial score (nSPS) is 10.7. The molecule has 1 aromatic heterocycles. The first-order chi connectivity index (χ1) is 7.42. The van der Waals surface area contributed by atoms with Gasteiger partial charge in [0, 0.05) is 11.8 Å². The minimum atomic E-state index is 0.659. The Bertz CT molecular complexity index is 466. The molecule has 0 radical (unpaired) electrons. The third-order valence-electron chi connectivity index (χ3n) is 2.10. The molecular weight excluding hydrogens is 188 g/mol. The van der Waals surface area contributed by atoms with Crippen LogP contribution in [0.5, 0.6) is 0 Å². The Morgan fingerprint density at radius 3 is 2.60 bits per heavy atom. The first-order valence-corrected chi connectivity index (χ1v) is 4.59. The van der Waals surface area contributed by atoms with Gasteiger partial charge in [0.2, 0.25) is 0 Å². The molecule has 0 saturated carbocycles. The Balaban J connectivity index is 2.53. The van der Waals surface area contributed by atoms with Gasteiger partial charge in [-0.15, -0.1) is 0 Å². The molecule has 2 rings (SSSR count). The second kappa shape index (κ2) is 4.37. The van der Waals surface area contributed by atoms with Crippen molar-refractivity contribution in [3.63, 3.8) is 0 Å². The first-order valence-electron chi connectivity index (χ1n) is 4.59. The van der Waals surface area contributed by atoms with E-state index in [9.17, 15) is 0 Å². The fourth-order valence-corrected chi connectivity index (χ4v) is 1.44. The van der Waals surface area contributed by atoms with Gasteiger partial charge < -0.3 is 5.21 Å². The van der Waals surface area contributed by atoms with Crippen molar-refractivity contribution in [1.29, 1.82) is 0 Å². The second-order valence-corrected chi connectivity index (χ2v) is 3.05. The molecule has 0 fully saturated rings. The Hall–Kier alpha value is -2.16. The molecule has 1 N–H and O–H groups in total. The number of pyridine rings is 1. The summed E-state index contributed by atoms with van der Waals surface area (Å²) in [5.41, 5.74) is 2.67. The Morgan fingerprint density at radius 1 is 1.07 bits per heavy atom. The molecule has 2 aromatic rings. The first kappa shape index (κ1) is 9.40. The predicted octanol–water partition coefficient (Wildman–Crippen LogP) is 2.56. The van der Waals surface area contributed by atoms with Crippen molar-refractivity contribution >= 4 is 6.21 Å². The number of hydrogen-bond donors (Lipinski definition) is 1. The summed E-state index contributed by atoms with van der Waals surface area (Å²) in [5, 5.41) is 11.5. The molecular formula is C12H10N2O. The number of oxime groups is 1. The van der Waals surface area contributed by atoms with Crippen molar-refractivity contribution in [3.8, 4) is 11.1 Å². The smallest absolute Gasteiger partial charge is 0.0924 e. The van der Waals surface area contributed by atoms with Crippen molar-refractivity contribution in [2.75, 3.05) is 0 Å². The summed E-state index contributed by atoms with van der Waals surface area (Å²) in [6.45, 7) is 0. The minimum absolute atomic E-state index is 0.659. The van der Waals surface area contributed by atoms with E-state index < -0.39 is 0 Å². The lowest BCUT2D eigenvalue weighted by molar-refractivity contribution is 0.321. The summed E-state index contributed by atoms with van der Waals surface area (Å²) in [5.74, 6) is 0. The summed E-state index contributed by atoms with van der Waals surface area (Å²) in [4.78, 5) is 4.14. The fraction of sp³-hybridized carbons (Fsp3) is 0. The number of rotatable bonds is 2. The lowest BCUT2D eigenvalue weighted by Crippen LogP contribution is -1.91. The van der Waals surface area contributed by atoms with Gasteiger partial charge in [-0.2, -0.15) is 0 Å². The van der Waals surface area contributed by atoms with Crippen molar-refractivity contribution in [2.24, 2.45) is 5.16 Å². The van der Waals surface area contributed by atoms with Crippen LogP contribution in [0.15, 0.2) is 53.8 Å². The minimum Gasteiger partial charge on any atom is -0.411 e. The molecule has 3 nitrogen and oxygen atoms in total. The molecule has 0 bridgehead atoms. The average Bonchev–Trinajstić information content (AvgIpc) is 2.31. The Morgan fingerprint density at radius 2 is 1.87 bits per heavy atom. The zero-order chi connectivity index (χ0) is 10.5. The van der Waals surface area contributed by atoms with Gasteiger partial charge >= 0.3 is 0 Å². The standard InChI is InChI=1S/C12H10N2O/c15-14-9-12-11(7-4-8-13-12)10-5-2-1-3-6-10/h1-9,15H/b14-9-. The van der Waals surface area contributed by atoms with Gasteiger partial charge in [-0.3, -0.25) is 4.98 Å². The maximum absolute atomic E-state index is 8.52. The summed E-state index contributed by atoms with van der Waals surface area (Å²) >= 11 is 0. The van der Waals surface area contributed by atoms with Gasteiger partial charge in [-0.1, -0.05) is 41.6 Å². The van der Waals surface area contributed by atoms with Crippen LogP contribution >= 0.6 is 0 Å². The van der Waals surface area contributed by atoms with E-state index in [0.717, 1.165) is 11.1 Å². The Labute approximate surface area is 87.7 Å². The van der Waals surface area contributed by atoms with E-state index in [0.29, 0.717) is 5.69 Å². The van der Waals surface area contributed by atoms with E-state index in [2.05, 4.69) is 10.1 Å². The molecule has 74 valence electrons. The maximum Gasteiger partial charge on any atom is 0.0924 e. The van der Waals surface area contributed by atoms with Crippen LogP contribution in [0, 0.1) is 0 Å². The molecule has 0 atom stereocenters. The van der Waals surface area contributed by atoms with E-state index in [1.165, 1.54) is 6.21 Å². The third kappa shape index (κ3) is 2.02. The molecule has 0 amide bonds. The van der Waals surface area contributed by atoms with Gasteiger partial charge in [-0.05, 0) is 11.6 Å². The van der Waals surface area contributed by atoms with Crippen LogP contribution in [-0.4, -0.2) is 16.4 Å². The van der Waals surface area contributed by atoms with Crippen molar-refractivity contribution in [1.82, 2.24) is 4.98 Å². The summed E-state index contributed by atoms with van der Waals surface area (Å²) < 4.78 is 0. The van der Waals surface area contributed by atoms with Crippen molar-refractivity contribution < 1.29 is 5.21 Å². The molecule has 0 saturated heterocycles. The number of aromatic nitrogens is 1. The summed E-state index contributed by atoms with van der Waals surface area (Å²) in [6, 6.07) is 13.7. The fourth-order valence-electron chi connectivity index (χ4n) is 1.44. The van der Waals surface area contributed by atoms with Crippen LogP contribution in [0.25, 0.3) is 11.1 Å². The summed E-state index contributed by atoms with van der Waals surface area (Å²) in [6.07, 6.45) is 3.01. The molecule has 0 unspecified atom stereocenters. The van der Waals surface area contributed by atoms with Crippen LogP contribution in [0.4, 0.5) is 0 Å². The van der Waals surface area contributed by atoms with Crippen LogP contribution in [0.3, 0.4) is 0 Å². The van der Waals surface area contributed by atoms with E-state index in [1.807, 2.05) is 42.5 Å².